The van der Waals surface area contributed by atoms with E-state index in [-0.39, 0.29) is 12.5 Å². The van der Waals surface area contributed by atoms with E-state index < -0.39 is 18.1 Å². The van der Waals surface area contributed by atoms with Crippen molar-refractivity contribution in [3.05, 3.63) is 12.7 Å². The molecule has 0 unspecified atom stereocenters. The van der Waals surface area contributed by atoms with E-state index >= 15 is 0 Å². The van der Waals surface area contributed by atoms with Crippen LogP contribution in [0.15, 0.2) is 12.7 Å². The third kappa shape index (κ3) is 3.56. The van der Waals surface area contributed by atoms with E-state index in [4.69, 9.17) is 9.84 Å². The fraction of sp³-hybridized carbons (Fsp3) is 0.636. The molecule has 1 saturated carbocycles. The number of carbonyl (C=O) groups is 2. The zero-order valence-electron chi connectivity index (χ0n) is 9.15. The second-order valence-electron chi connectivity index (χ2n) is 3.89. The van der Waals surface area contributed by atoms with Gasteiger partial charge in [-0.15, -0.1) is 0 Å². The lowest BCUT2D eigenvalue weighted by Crippen LogP contribution is -2.45. The first-order valence-electron chi connectivity index (χ1n) is 5.42. The van der Waals surface area contributed by atoms with Crippen molar-refractivity contribution in [3.8, 4) is 0 Å². The number of hydrogen-bond donors (Lipinski definition) is 2. The molecule has 0 aromatic heterocycles. The minimum absolute atomic E-state index is 0.0220. The number of ether oxygens (including phenoxy) is 1. The maximum Gasteiger partial charge on any atom is 0.408 e. The van der Waals surface area contributed by atoms with Crippen molar-refractivity contribution >= 4 is 12.1 Å². The van der Waals surface area contributed by atoms with E-state index in [0.29, 0.717) is 0 Å². The predicted molar refractivity (Wildman–Crippen MR) is 58.1 cm³/mol. The summed E-state index contributed by atoms with van der Waals surface area (Å²) in [4.78, 5) is 22.2. The largest absolute Gasteiger partial charge is 0.480 e. The lowest BCUT2D eigenvalue weighted by molar-refractivity contribution is -0.140. The summed E-state index contributed by atoms with van der Waals surface area (Å²) in [5.41, 5.74) is 0. The molecule has 1 amide bonds. The van der Waals surface area contributed by atoms with Crippen LogP contribution in [0.5, 0.6) is 0 Å². The van der Waals surface area contributed by atoms with Crippen molar-refractivity contribution in [2.45, 2.75) is 31.7 Å². The van der Waals surface area contributed by atoms with E-state index in [1.165, 1.54) is 6.08 Å². The minimum Gasteiger partial charge on any atom is -0.480 e. The summed E-state index contributed by atoms with van der Waals surface area (Å²) in [5.74, 6) is -0.976. The van der Waals surface area contributed by atoms with Gasteiger partial charge in [0.15, 0.2) is 0 Å². The number of carboxylic acid groups (broad SMARTS) is 1. The van der Waals surface area contributed by atoms with Crippen LogP contribution in [0.2, 0.25) is 0 Å². The molecule has 5 nitrogen and oxygen atoms in total. The van der Waals surface area contributed by atoms with Crippen LogP contribution in [0.3, 0.4) is 0 Å². The molecule has 16 heavy (non-hydrogen) atoms. The van der Waals surface area contributed by atoms with Crippen molar-refractivity contribution in [1.29, 1.82) is 0 Å². The maximum atomic E-state index is 11.2. The molecule has 0 aliphatic heterocycles. The lowest BCUT2D eigenvalue weighted by atomic mass is 9.98. The highest BCUT2D eigenvalue weighted by atomic mass is 16.5. The van der Waals surface area contributed by atoms with Crippen LogP contribution in [0.1, 0.15) is 25.7 Å². The summed E-state index contributed by atoms with van der Waals surface area (Å²) < 4.78 is 4.70. The summed E-state index contributed by atoms with van der Waals surface area (Å²) in [7, 11) is 0. The van der Waals surface area contributed by atoms with Gasteiger partial charge in [-0.3, -0.25) is 0 Å². The quantitative estimate of drug-likeness (QED) is 0.698. The highest BCUT2D eigenvalue weighted by molar-refractivity contribution is 5.80. The molecule has 5 heteroatoms. The molecular weight excluding hydrogens is 210 g/mol. The summed E-state index contributed by atoms with van der Waals surface area (Å²) in [5, 5.41) is 11.4. The predicted octanol–water partition coefficient (Wildman–Crippen LogP) is 1.54. The first-order valence-corrected chi connectivity index (χ1v) is 5.42. The number of carboxylic acids is 1. The molecule has 1 rings (SSSR count). The van der Waals surface area contributed by atoms with Gasteiger partial charge in [0.1, 0.15) is 12.6 Å². The molecule has 0 heterocycles. The van der Waals surface area contributed by atoms with Gasteiger partial charge in [0.2, 0.25) is 0 Å². The van der Waals surface area contributed by atoms with Gasteiger partial charge in [0.25, 0.3) is 0 Å². The Kier molecular flexibility index (Phi) is 4.82. The van der Waals surface area contributed by atoms with Gasteiger partial charge in [0.05, 0.1) is 0 Å². The summed E-state index contributed by atoms with van der Waals surface area (Å²) >= 11 is 0. The van der Waals surface area contributed by atoms with Gasteiger partial charge < -0.3 is 15.2 Å². The Hall–Kier alpha value is -1.52. The van der Waals surface area contributed by atoms with Crippen LogP contribution in [-0.4, -0.2) is 29.8 Å². The van der Waals surface area contributed by atoms with E-state index in [1.54, 1.807) is 0 Å². The fourth-order valence-corrected chi connectivity index (χ4v) is 1.98. The van der Waals surface area contributed by atoms with Gasteiger partial charge >= 0.3 is 12.1 Å². The van der Waals surface area contributed by atoms with Crippen molar-refractivity contribution < 1.29 is 19.4 Å². The Morgan fingerprint density at radius 3 is 2.62 bits per heavy atom. The van der Waals surface area contributed by atoms with Crippen LogP contribution in [0, 0.1) is 5.92 Å². The molecule has 1 aliphatic carbocycles. The van der Waals surface area contributed by atoms with Crippen LogP contribution in [0.4, 0.5) is 4.79 Å². The van der Waals surface area contributed by atoms with Gasteiger partial charge in [0, 0.05) is 0 Å². The van der Waals surface area contributed by atoms with Crippen LogP contribution >= 0.6 is 0 Å². The Morgan fingerprint density at radius 1 is 1.50 bits per heavy atom. The lowest BCUT2D eigenvalue weighted by Gasteiger charge is -2.19. The van der Waals surface area contributed by atoms with E-state index in [0.717, 1.165) is 25.7 Å². The van der Waals surface area contributed by atoms with Crippen molar-refractivity contribution in [2.75, 3.05) is 6.61 Å². The van der Waals surface area contributed by atoms with Crippen LogP contribution < -0.4 is 5.32 Å². The van der Waals surface area contributed by atoms with E-state index in [2.05, 4.69) is 11.9 Å². The molecular formula is C11H17NO4. The molecule has 0 radical (unpaired) electrons. The molecule has 90 valence electrons. The van der Waals surface area contributed by atoms with E-state index in [9.17, 15) is 9.59 Å². The Bertz CT molecular complexity index is 271. The van der Waals surface area contributed by atoms with Gasteiger partial charge in [-0.05, 0) is 18.8 Å². The average molecular weight is 227 g/mol. The third-order valence-electron chi connectivity index (χ3n) is 2.74. The summed E-state index contributed by atoms with van der Waals surface area (Å²) in [6, 6.07) is -0.834. The van der Waals surface area contributed by atoms with Gasteiger partial charge in [-0.2, -0.15) is 0 Å². The van der Waals surface area contributed by atoms with Crippen molar-refractivity contribution in [3.63, 3.8) is 0 Å². The molecule has 1 fully saturated rings. The van der Waals surface area contributed by atoms with Gasteiger partial charge in [-0.1, -0.05) is 25.5 Å². The number of hydrogen-bond acceptors (Lipinski definition) is 3. The Labute approximate surface area is 94.5 Å². The molecule has 0 saturated heterocycles. The highest BCUT2D eigenvalue weighted by Crippen LogP contribution is 2.27. The molecule has 0 spiro atoms. The molecule has 0 aromatic rings. The number of rotatable bonds is 5. The molecule has 1 atom stereocenters. The zero-order chi connectivity index (χ0) is 12.0. The summed E-state index contributed by atoms with van der Waals surface area (Å²) in [6.45, 7) is 3.49. The van der Waals surface area contributed by atoms with Crippen LogP contribution in [0.25, 0.3) is 0 Å². The second kappa shape index (κ2) is 6.15. The summed E-state index contributed by atoms with van der Waals surface area (Å²) in [6.07, 6.45) is 4.48. The molecule has 2 N–H and O–H groups in total. The topological polar surface area (TPSA) is 75.6 Å². The molecule has 0 aromatic carbocycles. The van der Waals surface area contributed by atoms with Gasteiger partial charge in [-0.25, -0.2) is 9.59 Å². The minimum atomic E-state index is -0.998. The van der Waals surface area contributed by atoms with Crippen molar-refractivity contribution in [2.24, 2.45) is 5.92 Å². The molecule has 0 bridgehead atoms. The standard InChI is InChI=1S/C11H17NO4/c1-2-7-16-11(15)12-9(10(13)14)8-5-3-4-6-8/h2,8-9H,1,3-7H2,(H,12,15)(H,13,14)/t9-/m0/s1. The molecule has 1 aliphatic rings. The number of nitrogens with one attached hydrogen (secondary N) is 1. The zero-order valence-corrected chi connectivity index (χ0v) is 9.15. The highest BCUT2D eigenvalue weighted by Gasteiger charge is 2.32. The monoisotopic (exact) mass is 227 g/mol. The first-order chi connectivity index (χ1) is 7.65. The second-order valence-corrected chi connectivity index (χ2v) is 3.89. The maximum absolute atomic E-state index is 11.2. The third-order valence-corrected chi connectivity index (χ3v) is 2.74. The van der Waals surface area contributed by atoms with Crippen LogP contribution in [-0.2, 0) is 9.53 Å². The number of amides is 1. The SMILES string of the molecule is C=CCOC(=O)N[C@H](C(=O)O)C1CCCC1. The number of aliphatic carboxylic acids is 1. The number of alkyl carbamates (subject to hydrolysis) is 1. The number of carbonyl (C=O) groups excluding carboxylic acids is 1. The van der Waals surface area contributed by atoms with Crippen molar-refractivity contribution in [1.82, 2.24) is 5.32 Å². The first kappa shape index (κ1) is 12.5. The average Bonchev–Trinajstić information content (AvgIpc) is 2.75. The Morgan fingerprint density at radius 2 is 2.12 bits per heavy atom. The Balaban J connectivity index is 2.47. The smallest absolute Gasteiger partial charge is 0.408 e. The van der Waals surface area contributed by atoms with E-state index in [1.807, 2.05) is 0 Å². The fourth-order valence-electron chi connectivity index (χ4n) is 1.98. The normalized spacial score (nSPS) is 17.8.